The minimum atomic E-state index is -2.13. The first-order chi connectivity index (χ1) is 20.8. The summed E-state index contributed by atoms with van der Waals surface area (Å²) < 4.78 is 27.1. The van der Waals surface area contributed by atoms with E-state index >= 15 is 0 Å². The zero-order chi connectivity index (χ0) is 32.2. The van der Waals surface area contributed by atoms with Gasteiger partial charge < -0.3 is 84.6 Å². The number of phenols is 5. The predicted molar refractivity (Wildman–Crippen MR) is 138 cm³/mol. The molecule has 18 heteroatoms. The summed E-state index contributed by atoms with van der Waals surface area (Å²) in [5.41, 5.74) is -2.12. The van der Waals surface area contributed by atoms with Gasteiger partial charge in [-0.1, -0.05) is 0 Å². The summed E-state index contributed by atoms with van der Waals surface area (Å²) in [4.78, 5) is 13.6. The van der Waals surface area contributed by atoms with Crippen molar-refractivity contribution in [3.8, 4) is 45.8 Å². The van der Waals surface area contributed by atoms with E-state index in [4.69, 9.17) is 23.4 Å². The first-order valence-corrected chi connectivity index (χ1v) is 12.8. The normalized spacial score (nSPS) is 32.5. The van der Waals surface area contributed by atoms with Crippen molar-refractivity contribution in [3.63, 3.8) is 0 Å². The topological polar surface area (TPSA) is 310 Å². The number of aromatic hydroxyl groups is 5. The van der Waals surface area contributed by atoms with Crippen LogP contribution in [0.3, 0.4) is 0 Å². The molecule has 0 bridgehead atoms. The first kappa shape index (κ1) is 31.5. The largest absolute Gasteiger partial charge is 0.508 e. The van der Waals surface area contributed by atoms with E-state index in [1.807, 2.05) is 0 Å². The summed E-state index contributed by atoms with van der Waals surface area (Å²) >= 11 is 0. The molecule has 2 aromatic carbocycles. The lowest BCUT2D eigenvalue weighted by Gasteiger charge is -2.44. The van der Waals surface area contributed by atoms with Crippen LogP contribution >= 0.6 is 0 Å². The van der Waals surface area contributed by atoms with Gasteiger partial charge in [-0.2, -0.15) is 0 Å². The highest BCUT2D eigenvalue weighted by atomic mass is 16.8. The van der Waals surface area contributed by atoms with Gasteiger partial charge in [0.05, 0.1) is 6.61 Å². The molecular weight excluding hydrogens is 600 g/mol. The van der Waals surface area contributed by atoms with Gasteiger partial charge in [-0.3, -0.25) is 4.79 Å². The van der Waals surface area contributed by atoms with E-state index in [1.54, 1.807) is 0 Å². The Labute approximate surface area is 244 Å². The second kappa shape index (κ2) is 11.9. The van der Waals surface area contributed by atoms with Crippen molar-refractivity contribution in [2.75, 3.05) is 6.61 Å². The van der Waals surface area contributed by atoms with Crippen LogP contribution in [0.2, 0.25) is 0 Å². The molecule has 3 aromatic rings. The highest BCUT2D eigenvalue weighted by Gasteiger charge is 2.50. The van der Waals surface area contributed by atoms with Crippen LogP contribution in [0.5, 0.6) is 34.5 Å². The van der Waals surface area contributed by atoms with Crippen LogP contribution in [0.1, 0.15) is 0 Å². The lowest BCUT2D eigenvalue weighted by Crippen LogP contribution is -2.64. The van der Waals surface area contributed by atoms with E-state index in [-0.39, 0.29) is 11.3 Å². The number of phenolic OH excluding ortho intramolecular Hbond substituents is 5. The SMILES string of the molecule is O=c1c(O[C@@H]2O[C@@H](O[C@@H]3O[C@H](CO)[C@H](O)[C@H](O)[C@H]3O)[C@H](O)[C@@H](O)[C@H]2O)c(-c2ccc(O)cc2)oc2c(O)c(O)c(O)c(O)c12. The zero-order valence-corrected chi connectivity index (χ0v) is 22.1. The van der Waals surface area contributed by atoms with Crippen LogP contribution in [0.4, 0.5) is 0 Å². The number of ether oxygens (including phenoxy) is 4. The standard InChI is InChI=1S/C26H28O18/c27-5-8-10(29)13(32)18(37)24(40-8)43-26-20(39)16(35)19(38)25(44-26)42-23-12(31)9-11(30)14(33)15(34)17(36)22(9)41-21(23)6-1-3-7(28)4-2-6/h1-4,8,10,13,16,18-20,24-30,32-39H,5H2/t8-,10+,13+,16+,18-,19-,20-,24+,25-,26-/m1/s1. The third-order valence-corrected chi connectivity index (χ3v) is 7.20. The Morgan fingerprint density at radius 3 is 1.82 bits per heavy atom. The van der Waals surface area contributed by atoms with Crippen LogP contribution in [0.25, 0.3) is 22.3 Å². The molecule has 0 radical (unpaired) electrons. The van der Waals surface area contributed by atoms with Crippen molar-refractivity contribution in [1.29, 1.82) is 0 Å². The Hall–Kier alpha value is -3.95. The maximum Gasteiger partial charge on any atom is 0.239 e. The van der Waals surface area contributed by atoms with E-state index in [0.29, 0.717) is 0 Å². The number of benzene rings is 2. The van der Waals surface area contributed by atoms with Crippen LogP contribution in [0.15, 0.2) is 33.5 Å². The van der Waals surface area contributed by atoms with E-state index in [2.05, 4.69) is 0 Å². The fourth-order valence-electron chi connectivity index (χ4n) is 4.72. The fraction of sp³-hybridized carbons (Fsp3) is 0.423. The van der Waals surface area contributed by atoms with E-state index in [9.17, 15) is 66.1 Å². The van der Waals surface area contributed by atoms with Crippen LogP contribution in [0, 0.1) is 0 Å². The smallest absolute Gasteiger partial charge is 0.239 e. The summed E-state index contributed by atoms with van der Waals surface area (Å²) in [5, 5.41) is 121. The molecule has 44 heavy (non-hydrogen) atoms. The number of fused-ring (bicyclic) bond motifs is 1. The molecule has 5 rings (SSSR count). The summed E-state index contributed by atoms with van der Waals surface area (Å²) in [5.74, 6) is -6.49. The van der Waals surface area contributed by atoms with E-state index < -0.39 is 119 Å². The second-order valence-electron chi connectivity index (χ2n) is 10.0. The van der Waals surface area contributed by atoms with Crippen molar-refractivity contribution in [3.05, 3.63) is 34.5 Å². The summed E-state index contributed by atoms with van der Waals surface area (Å²) in [7, 11) is 0. The molecule has 0 aliphatic carbocycles. The van der Waals surface area contributed by atoms with Crippen molar-refractivity contribution >= 4 is 11.0 Å². The Morgan fingerprint density at radius 2 is 1.20 bits per heavy atom. The van der Waals surface area contributed by atoms with Gasteiger partial charge in [0.15, 0.2) is 29.7 Å². The molecule has 10 atom stereocenters. The lowest BCUT2D eigenvalue weighted by molar-refractivity contribution is -0.390. The van der Waals surface area contributed by atoms with Gasteiger partial charge in [0, 0.05) is 5.56 Å². The second-order valence-corrected chi connectivity index (χ2v) is 10.0. The molecule has 0 saturated carbocycles. The van der Waals surface area contributed by atoms with E-state index in [1.165, 1.54) is 24.3 Å². The van der Waals surface area contributed by atoms with Gasteiger partial charge in [-0.15, -0.1) is 0 Å². The summed E-state index contributed by atoms with van der Waals surface area (Å²) in [6, 6.07) is 4.80. The van der Waals surface area contributed by atoms with Crippen molar-refractivity contribution in [2.45, 2.75) is 61.6 Å². The molecule has 0 amide bonds. The average Bonchev–Trinajstić information content (AvgIpc) is 3.01. The zero-order valence-electron chi connectivity index (χ0n) is 22.1. The lowest BCUT2D eigenvalue weighted by atomic mass is 9.99. The molecule has 0 spiro atoms. The van der Waals surface area contributed by atoms with Crippen LogP contribution < -0.4 is 10.2 Å². The highest BCUT2D eigenvalue weighted by molar-refractivity contribution is 5.95. The Kier molecular flexibility index (Phi) is 8.48. The molecule has 240 valence electrons. The van der Waals surface area contributed by atoms with Crippen molar-refractivity contribution < 1.29 is 84.6 Å². The third kappa shape index (κ3) is 5.22. The molecule has 3 heterocycles. The van der Waals surface area contributed by atoms with Crippen LogP contribution in [-0.2, 0) is 14.2 Å². The first-order valence-electron chi connectivity index (χ1n) is 12.8. The number of hydrogen-bond acceptors (Lipinski definition) is 18. The quantitative estimate of drug-likeness (QED) is 0.0952. The maximum absolute atomic E-state index is 13.6. The average molecular weight is 628 g/mol. The molecule has 2 aliphatic heterocycles. The Bertz CT molecular complexity index is 1570. The molecule has 18 nitrogen and oxygen atoms in total. The number of aliphatic hydroxyl groups excluding tert-OH is 7. The van der Waals surface area contributed by atoms with Crippen LogP contribution in [-0.4, -0.2) is 129 Å². The van der Waals surface area contributed by atoms with Gasteiger partial charge >= 0.3 is 0 Å². The molecule has 1 aromatic heterocycles. The molecule has 2 fully saturated rings. The van der Waals surface area contributed by atoms with Gasteiger partial charge in [0.25, 0.3) is 0 Å². The molecule has 2 saturated heterocycles. The summed E-state index contributed by atoms with van der Waals surface area (Å²) in [6.45, 7) is -0.820. The van der Waals surface area contributed by atoms with E-state index in [0.717, 1.165) is 0 Å². The maximum atomic E-state index is 13.6. The third-order valence-electron chi connectivity index (χ3n) is 7.20. The summed E-state index contributed by atoms with van der Waals surface area (Å²) in [6.07, 6.45) is -19.3. The molecule has 2 aliphatic rings. The predicted octanol–water partition coefficient (Wildman–Crippen LogP) is -3.05. The van der Waals surface area contributed by atoms with Gasteiger partial charge in [-0.25, -0.2) is 0 Å². The van der Waals surface area contributed by atoms with Crippen molar-refractivity contribution in [2.24, 2.45) is 0 Å². The Balaban J connectivity index is 1.56. The number of rotatable bonds is 6. The van der Waals surface area contributed by atoms with Gasteiger partial charge in [0.1, 0.15) is 53.9 Å². The molecular formula is C26H28O18. The fourth-order valence-corrected chi connectivity index (χ4v) is 4.72. The minimum Gasteiger partial charge on any atom is -0.508 e. The van der Waals surface area contributed by atoms with Gasteiger partial charge in [0.2, 0.25) is 34.7 Å². The van der Waals surface area contributed by atoms with Gasteiger partial charge in [-0.05, 0) is 24.3 Å². The molecule has 12 N–H and O–H groups in total. The Morgan fingerprint density at radius 1 is 0.659 bits per heavy atom. The number of aliphatic hydroxyl groups is 7. The highest BCUT2D eigenvalue weighted by Crippen LogP contribution is 2.49. The minimum absolute atomic E-state index is 0.0109. The monoisotopic (exact) mass is 628 g/mol. The molecule has 0 unspecified atom stereocenters. The number of hydrogen-bond donors (Lipinski definition) is 12. The van der Waals surface area contributed by atoms with Crippen molar-refractivity contribution in [1.82, 2.24) is 0 Å².